The maximum absolute atomic E-state index is 13.3. The maximum Gasteiger partial charge on any atom is 0.241 e. The third kappa shape index (κ3) is 3.82. The van der Waals surface area contributed by atoms with Crippen LogP contribution in [0.3, 0.4) is 0 Å². The van der Waals surface area contributed by atoms with E-state index in [1.807, 2.05) is 0 Å². The first-order chi connectivity index (χ1) is 8.97. The van der Waals surface area contributed by atoms with Gasteiger partial charge in [0.05, 0.1) is 12.0 Å². The number of rotatable bonds is 6. The van der Waals surface area contributed by atoms with E-state index in [2.05, 4.69) is 4.72 Å². The normalized spacial score (nSPS) is 16.4. The van der Waals surface area contributed by atoms with E-state index in [9.17, 15) is 12.8 Å². The fraction of sp³-hybridized carbons (Fsp3) is 0.500. The van der Waals surface area contributed by atoms with Crippen LogP contribution in [0.4, 0.5) is 4.39 Å². The van der Waals surface area contributed by atoms with Gasteiger partial charge >= 0.3 is 0 Å². The number of hydrogen-bond donors (Lipinski definition) is 2. The third-order valence-corrected chi connectivity index (χ3v) is 4.67. The van der Waals surface area contributed by atoms with Crippen molar-refractivity contribution < 1.29 is 17.5 Å². The number of sulfonamides is 1. The summed E-state index contributed by atoms with van der Waals surface area (Å²) < 4.78 is 44.9. The molecule has 1 fully saturated rings. The summed E-state index contributed by atoms with van der Waals surface area (Å²) in [6.07, 6.45) is 1.97. The molecule has 5 nitrogen and oxygen atoms in total. The van der Waals surface area contributed by atoms with Crippen LogP contribution >= 0.6 is 12.4 Å². The molecule has 1 atom stereocenters. The molecule has 1 aromatic rings. The number of methoxy groups -OCH3 is 1. The van der Waals surface area contributed by atoms with E-state index in [1.54, 1.807) is 0 Å². The number of nitrogens with two attached hydrogens (primary N) is 1. The van der Waals surface area contributed by atoms with Crippen molar-refractivity contribution in [2.45, 2.75) is 23.8 Å². The second-order valence-corrected chi connectivity index (χ2v) is 6.31. The third-order valence-electron chi connectivity index (χ3n) is 3.18. The first-order valence-electron chi connectivity index (χ1n) is 6.04. The summed E-state index contributed by atoms with van der Waals surface area (Å²) in [5.41, 5.74) is 5.57. The van der Waals surface area contributed by atoms with Gasteiger partial charge in [-0.1, -0.05) is 0 Å². The van der Waals surface area contributed by atoms with Gasteiger partial charge < -0.3 is 10.5 Å². The molecule has 3 N–H and O–H groups in total. The molecule has 20 heavy (non-hydrogen) atoms. The number of halogens is 2. The van der Waals surface area contributed by atoms with Gasteiger partial charge in [-0.15, -0.1) is 12.4 Å². The molecule has 0 amide bonds. The Morgan fingerprint density at radius 3 is 2.65 bits per heavy atom. The summed E-state index contributed by atoms with van der Waals surface area (Å²) >= 11 is 0. The average molecular weight is 325 g/mol. The van der Waals surface area contributed by atoms with E-state index < -0.39 is 15.8 Å². The van der Waals surface area contributed by atoms with Crippen molar-refractivity contribution >= 4 is 22.4 Å². The zero-order chi connectivity index (χ0) is 14.0. The van der Waals surface area contributed by atoms with Crippen molar-refractivity contribution in [3.63, 3.8) is 0 Å². The molecule has 0 saturated heterocycles. The number of nitrogens with one attached hydrogen (secondary N) is 1. The molecule has 0 aromatic heterocycles. The first kappa shape index (κ1) is 17.2. The predicted molar refractivity (Wildman–Crippen MR) is 76.1 cm³/mol. The van der Waals surface area contributed by atoms with Crippen molar-refractivity contribution in [3.05, 3.63) is 24.0 Å². The molecule has 0 spiro atoms. The lowest BCUT2D eigenvalue weighted by atomic mass is 10.2. The van der Waals surface area contributed by atoms with Crippen LogP contribution in [-0.2, 0) is 10.0 Å². The molecule has 8 heteroatoms. The van der Waals surface area contributed by atoms with Crippen LogP contribution in [0.5, 0.6) is 5.75 Å². The monoisotopic (exact) mass is 324 g/mol. The molecule has 114 valence electrons. The molecule has 1 aliphatic carbocycles. The van der Waals surface area contributed by atoms with E-state index in [1.165, 1.54) is 13.2 Å². The highest BCUT2D eigenvalue weighted by molar-refractivity contribution is 7.89. The van der Waals surface area contributed by atoms with Crippen molar-refractivity contribution in [2.75, 3.05) is 13.7 Å². The van der Waals surface area contributed by atoms with Gasteiger partial charge in [-0.2, -0.15) is 0 Å². The second kappa shape index (κ2) is 6.71. The Morgan fingerprint density at radius 1 is 1.50 bits per heavy atom. The fourth-order valence-electron chi connectivity index (χ4n) is 1.91. The van der Waals surface area contributed by atoms with Gasteiger partial charge in [-0.25, -0.2) is 17.5 Å². The van der Waals surface area contributed by atoms with Gasteiger partial charge in [-0.05, 0) is 30.9 Å². The molecular weight excluding hydrogens is 307 g/mol. The minimum absolute atomic E-state index is 0. The molecule has 1 aromatic carbocycles. The molecule has 0 radical (unpaired) electrons. The van der Waals surface area contributed by atoms with Gasteiger partial charge in [0.1, 0.15) is 0 Å². The van der Waals surface area contributed by atoms with Crippen LogP contribution in [0.15, 0.2) is 23.1 Å². The Labute approximate surface area is 124 Å². The van der Waals surface area contributed by atoms with E-state index in [4.69, 9.17) is 10.5 Å². The summed E-state index contributed by atoms with van der Waals surface area (Å²) in [5.74, 6) is -0.389. The van der Waals surface area contributed by atoms with Gasteiger partial charge in [0.2, 0.25) is 10.0 Å². The molecule has 1 saturated carbocycles. The largest absolute Gasteiger partial charge is 0.494 e. The fourth-order valence-corrected chi connectivity index (χ4v) is 3.24. The summed E-state index contributed by atoms with van der Waals surface area (Å²) in [5, 5.41) is 0. The highest BCUT2D eigenvalue weighted by Crippen LogP contribution is 2.33. The highest BCUT2D eigenvalue weighted by atomic mass is 35.5. The molecule has 1 aliphatic rings. The Balaban J connectivity index is 0.00000200. The van der Waals surface area contributed by atoms with Crippen LogP contribution in [0, 0.1) is 11.7 Å². The molecule has 0 heterocycles. The van der Waals surface area contributed by atoms with Gasteiger partial charge in [0.25, 0.3) is 0 Å². The molecule has 2 rings (SSSR count). The zero-order valence-corrected chi connectivity index (χ0v) is 12.6. The number of ether oxygens (including phenoxy) is 1. The molecule has 0 aliphatic heterocycles. The van der Waals surface area contributed by atoms with E-state index in [0.29, 0.717) is 5.92 Å². The van der Waals surface area contributed by atoms with E-state index in [-0.39, 0.29) is 35.6 Å². The van der Waals surface area contributed by atoms with Crippen molar-refractivity contribution in [1.29, 1.82) is 0 Å². The Kier molecular flexibility index (Phi) is 5.76. The molecule has 1 unspecified atom stereocenters. The first-order valence-corrected chi connectivity index (χ1v) is 7.52. The van der Waals surface area contributed by atoms with Crippen LogP contribution in [0.2, 0.25) is 0 Å². The lowest BCUT2D eigenvalue weighted by Crippen LogP contribution is -2.41. The summed E-state index contributed by atoms with van der Waals surface area (Å²) in [4.78, 5) is -0.0233. The predicted octanol–water partition coefficient (Wildman–Crippen LogP) is 1.27. The van der Waals surface area contributed by atoms with E-state index >= 15 is 0 Å². The molecular formula is C12H18ClFN2O3S. The maximum atomic E-state index is 13.3. The van der Waals surface area contributed by atoms with Crippen LogP contribution < -0.4 is 15.2 Å². The van der Waals surface area contributed by atoms with Gasteiger partial charge in [0, 0.05) is 18.7 Å². The summed E-state index contributed by atoms with van der Waals surface area (Å²) in [6.45, 7) is 0.252. The quantitative estimate of drug-likeness (QED) is 0.825. The molecule has 0 bridgehead atoms. The zero-order valence-electron chi connectivity index (χ0n) is 11.0. The number of benzene rings is 1. The van der Waals surface area contributed by atoms with Crippen molar-refractivity contribution in [3.8, 4) is 5.75 Å². The standard InChI is InChI=1S/C12H17FN2O3S.ClH/c1-18-12-6-9(4-5-10(12)13)19(16,17)15-11(7-14)8-2-3-8;/h4-6,8,11,15H,2-3,7,14H2,1H3;1H. The Morgan fingerprint density at radius 2 is 2.15 bits per heavy atom. The SMILES string of the molecule is COc1cc(S(=O)(=O)NC(CN)C2CC2)ccc1F.Cl. The highest BCUT2D eigenvalue weighted by Gasteiger charge is 2.33. The minimum Gasteiger partial charge on any atom is -0.494 e. The van der Waals surface area contributed by atoms with E-state index in [0.717, 1.165) is 25.0 Å². The van der Waals surface area contributed by atoms with Crippen molar-refractivity contribution in [1.82, 2.24) is 4.72 Å². The summed E-state index contributed by atoms with van der Waals surface area (Å²) in [7, 11) is -2.42. The minimum atomic E-state index is -3.70. The topological polar surface area (TPSA) is 81.4 Å². The van der Waals surface area contributed by atoms with Gasteiger partial charge in [-0.3, -0.25) is 0 Å². The van der Waals surface area contributed by atoms with Crippen LogP contribution in [-0.4, -0.2) is 28.1 Å². The lowest BCUT2D eigenvalue weighted by Gasteiger charge is -2.16. The Hall–Kier alpha value is -0.890. The van der Waals surface area contributed by atoms with Crippen LogP contribution in [0.1, 0.15) is 12.8 Å². The number of hydrogen-bond acceptors (Lipinski definition) is 4. The lowest BCUT2D eigenvalue weighted by molar-refractivity contribution is 0.385. The Bertz CT molecular complexity index is 564. The smallest absolute Gasteiger partial charge is 0.241 e. The van der Waals surface area contributed by atoms with Crippen molar-refractivity contribution in [2.24, 2.45) is 11.7 Å². The van der Waals surface area contributed by atoms with Crippen LogP contribution in [0.25, 0.3) is 0 Å². The second-order valence-electron chi connectivity index (χ2n) is 4.60. The average Bonchev–Trinajstić information content (AvgIpc) is 3.20. The summed E-state index contributed by atoms with van der Waals surface area (Å²) in [6, 6.07) is 3.18. The van der Waals surface area contributed by atoms with Gasteiger partial charge in [0.15, 0.2) is 11.6 Å².